The molecule has 0 aliphatic rings. The summed E-state index contributed by atoms with van der Waals surface area (Å²) in [4.78, 5) is 11.1. The van der Waals surface area contributed by atoms with Gasteiger partial charge >= 0.3 is 5.97 Å². The van der Waals surface area contributed by atoms with Crippen LogP contribution in [0.4, 0.5) is 4.39 Å². The standard InChI is InChI=1S/C8H5ClFIO2/c1-13-8(12)5-2-4(11)3-6(10)7(5)9/h2-3H,1H3. The quantitative estimate of drug-likeness (QED) is 0.453. The number of methoxy groups -OCH3 is 1. The summed E-state index contributed by atoms with van der Waals surface area (Å²) < 4.78 is 18.0. The van der Waals surface area contributed by atoms with Crippen molar-refractivity contribution >= 4 is 40.2 Å². The molecule has 13 heavy (non-hydrogen) atoms. The number of halogens is 3. The minimum atomic E-state index is -0.637. The number of benzene rings is 1. The minimum absolute atomic E-state index is 0.0496. The molecular weight excluding hydrogens is 309 g/mol. The van der Waals surface area contributed by atoms with Gasteiger partial charge in [-0.25, -0.2) is 9.18 Å². The molecule has 0 N–H and O–H groups in total. The second kappa shape index (κ2) is 4.23. The molecule has 0 aromatic heterocycles. The molecular formula is C8H5ClFIO2. The van der Waals surface area contributed by atoms with Crippen molar-refractivity contribution in [3.63, 3.8) is 0 Å². The molecule has 5 heteroatoms. The average molecular weight is 314 g/mol. The van der Waals surface area contributed by atoms with Crippen LogP contribution >= 0.6 is 34.2 Å². The van der Waals surface area contributed by atoms with Gasteiger partial charge in [0.2, 0.25) is 0 Å². The fourth-order valence-electron chi connectivity index (χ4n) is 0.814. The topological polar surface area (TPSA) is 26.3 Å². The van der Waals surface area contributed by atoms with E-state index in [2.05, 4.69) is 4.74 Å². The number of ether oxygens (including phenoxy) is 1. The van der Waals surface area contributed by atoms with Crippen LogP contribution in [0, 0.1) is 9.39 Å². The van der Waals surface area contributed by atoms with E-state index in [1.165, 1.54) is 19.2 Å². The Bertz CT molecular complexity index is 354. The molecule has 0 spiro atoms. The van der Waals surface area contributed by atoms with Crippen molar-refractivity contribution in [2.75, 3.05) is 7.11 Å². The molecule has 70 valence electrons. The predicted molar refractivity (Wildman–Crippen MR) is 55.5 cm³/mol. The number of rotatable bonds is 1. The summed E-state index contributed by atoms with van der Waals surface area (Å²) in [6.45, 7) is 0. The Balaban J connectivity index is 3.28. The first-order valence-corrected chi connectivity index (χ1v) is 4.74. The molecule has 0 aliphatic carbocycles. The molecule has 1 aromatic rings. The molecule has 0 aliphatic heterocycles. The van der Waals surface area contributed by atoms with Crippen LogP contribution < -0.4 is 0 Å². The zero-order valence-electron chi connectivity index (χ0n) is 6.61. The van der Waals surface area contributed by atoms with E-state index in [-0.39, 0.29) is 10.6 Å². The highest BCUT2D eigenvalue weighted by Crippen LogP contribution is 2.23. The third-order valence-electron chi connectivity index (χ3n) is 1.40. The number of hydrogen-bond donors (Lipinski definition) is 0. The largest absolute Gasteiger partial charge is 0.465 e. The molecule has 0 amide bonds. The number of carbonyl (C=O) groups excluding carboxylic acids is 1. The number of hydrogen-bond acceptors (Lipinski definition) is 2. The van der Waals surface area contributed by atoms with E-state index < -0.39 is 11.8 Å². The Morgan fingerprint density at radius 1 is 1.62 bits per heavy atom. The molecule has 0 heterocycles. The Kier molecular flexibility index (Phi) is 3.49. The van der Waals surface area contributed by atoms with Crippen LogP contribution in [0.15, 0.2) is 12.1 Å². The summed E-state index contributed by atoms with van der Waals surface area (Å²) in [5.74, 6) is -1.25. The van der Waals surface area contributed by atoms with E-state index in [9.17, 15) is 9.18 Å². The van der Waals surface area contributed by atoms with Gasteiger partial charge < -0.3 is 4.74 Å². The van der Waals surface area contributed by atoms with E-state index in [4.69, 9.17) is 11.6 Å². The summed E-state index contributed by atoms with van der Waals surface area (Å²) in [5, 5.41) is -0.202. The summed E-state index contributed by atoms with van der Waals surface area (Å²) in [6.07, 6.45) is 0. The fourth-order valence-corrected chi connectivity index (χ4v) is 1.59. The molecule has 2 nitrogen and oxygen atoms in total. The SMILES string of the molecule is COC(=O)c1cc(I)cc(F)c1Cl. The third-order valence-corrected chi connectivity index (χ3v) is 2.41. The van der Waals surface area contributed by atoms with Gasteiger partial charge in [0.1, 0.15) is 5.82 Å². The van der Waals surface area contributed by atoms with Gasteiger partial charge in [0.15, 0.2) is 0 Å². The van der Waals surface area contributed by atoms with E-state index in [0.29, 0.717) is 3.57 Å². The first-order chi connectivity index (χ1) is 6.06. The highest BCUT2D eigenvalue weighted by molar-refractivity contribution is 14.1. The molecule has 0 radical (unpaired) electrons. The second-order valence-corrected chi connectivity index (χ2v) is 3.86. The molecule has 1 rings (SSSR count). The van der Waals surface area contributed by atoms with Gasteiger partial charge in [0.05, 0.1) is 17.7 Å². The van der Waals surface area contributed by atoms with Gasteiger partial charge in [0, 0.05) is 3.57 Å². The number of carbonyl (C=O) groups is 1. The lowest BCUT2D eigenvalue weighted by atomic mass is 10.2. The Hall–Kier alpha value is -0.360. The molecule has 0 saturated carbocycles. The molecule has 0 bridgehead atoms. The Morgan fingerprint density at radius 2 is 2.23 bits per heavy atom. The normalized spacial score (nSPS) is 9.85. The van der Waals surface area contributed by atoms with Gasteiger partial charge in [-0.2, -0.15) is 0 Å². The summed E-state index contributed by atoms with van der Waals surface area (Å²) >= 11 is 7.45. The smallest absolute Gasteiger partial charge is 0.339 e. The van der Waals surface area contributed by atoms with Crippen LogP contribution in [0.2, 0.25) is 5.02 Å². The molecule has 0 atom stereocenters. The highest BCUT2D eigenvalue weighted by atomic mass is 127. The fraction of sp³-hybridized carbons (Fsp3) is 0.125. The maximum atomic E-state index is 13.0. The van der Waals surface area contributed by atoms with Gasteiger partial charge in [-0.1, -0.05) is 11.6 Å². The van der Waals surface area contributed by atoms with E-state index in [1.54, 1.807) is 0 Å². The molecule has 1 aromatic carbocycles. The van der Waals surface area contributed by atoms with Crippen molar-refractivity contribution < 1.29 is 13.9 Å². The van der Waals surface area contributed by atoms with Crippen molar-refractivity contribution in [3.8, 4) is 0 Å². The van der Waals surface area contributed by atoms with Gasteiger partial charge in [0.25, 0.3) is 0 Å². The molecule has 0 saturated heterocycles. The van der Waals surface area contributed by atoms with Gasteiger partial charge in [-0.05, 0) is 34.7 Å². The maximum absolute atomic E-state index is 13.0. The van der Waals surface area contributed by atoms with Gasteiger partial charge in [-0.3, -0.25) is 0 Å². The predicted octanol–water partition coefficient (Wildman–Crippen LogP) is 2.87. The minimum Gasteiger partial charge on any atom is -0.465 e. The highest BCUT2D eigenvalue weighted by Gasteiger charge is 2.15. The van der Waals surface area contributed by atoms with Crippen LogP contribution in [-0.4, -0.2) is 13.1 Å². The van der Waals surface area contributed by atoms with Crippen LogP contribution in [0.1, 0.15) is 10.4 Å². The first-order valence-electron chi connectivity index (χ1n) is 3.29. The second-order valence-electron chi connectivity index (χ2n) is 2.24. The average Bonchev–Trinajstić information content (AvgIpc) is 2.10. The monoisotopic (exact) mass is 314 g/mol. The molecule has 0 fully saturated rings. The van der Waals surface area contributed by atoms with Crippen molar-refractivity contribution in [2.45, 2.75) is 0 Å². The molecule has 0 unspecified atom stereocenters. The Labute approximate surface area is 93.2 Å². The van der Waals surface area contributed by atoms with Gasteiger partial charge in [-0.15, -0.1) is 0 Å². The van der Waals surface area contributed by atoms with Crippen molar-refractivity contribution in [3.05, 3.63) is 32.1 Å². The Morgan fingerprint density at radius 3 is 2.77 bits per heavy atom. The zero-order valence-corrected chi connectivity index (χ0v) is 9.52. The third kappa shape index (κ3) is 2.31. The van der Waals surface area contributed by atoms with Crippen molar-refractivity contribution in [1.82, 2.24) is 0 Å². The van der Waals surface area contributed by atoms with Crippen LogP contribution in [-0.2, 0) is 4.74 Å². The van der Waals surface area contributed by atoms with Crippen LogP contribution in [0.25, 0.3) is 0 Å². The van der Waals surface area contributed by atoms with E-state index in [1.807, 2.05) is 22.6 Å². The number of esters is 1. The van der Waals surface area contributed by atoms with Crippen LogP contribution in [0.5, 0.6) is 0 Å². The summed E-state index contributed by atoms with van der Waals surface area (Å²) in [5.41, 5.74) is 0.0496. The van der Waals surface area contributed by atoms with E-state index in [0.717, 1.165) is 0 Å². The first kappa shape index (κ1) is 10.7. The lowest BCUT2D eigenvalue weighted by Crippen LogP contribution is -2.03. The zero-order chi connectivity index (χ0) is 10.0. The maximum Gasteiger partial charge on any atom is 0.339 e. The summed E-state index contributed by atoms with van der Waals surface area (Å²) in [6, 6.07) is 2.72. The van der Waals surface area contributed by atoms with Crippen molar-refractivity contribution in [2.24, 2.45) is 0 Å². The lowest BCUT2D eigenvalue weighted by molar-refractivity contribution is 0.0600. The lowest BCUT2D eigenvalue weighted by Gasteiger charge is -2.03. The van der Waals surface area contributed by atoms with Crippen LogP contribution in [0.3, 0.4) is 0 Å². The van der Waals surface area contributed by atoms with Crippen molar-refractivity contribution in [1.29, 1.82) is 0 Å². The van der Waals surface area contributed by atoms with E-state index >= 15 is 0 Å². The summed E-state index contributed by atoms with van der Waals surface area (Å²) in [7, 11) is 1.22.